The Morgan fingerprint density at radius 2 is 0.917 bits per heavy atom. The molecule has 3 nitrogen and oxygen atoms in total. The minimum absolute atomic E-state index is 0.0761. The number of ketones is 1. The number of hydrogen-bond acceptors (Lipinski definition) is 3. The van der Waals surface area contributed by atoms with Crippen molar-refractivity contribution in [2.24, 2.45) is 0 Å². The minimum Gasteiger partial charge on any atom is -0.372 e. The monoisotopic (exact) mass is 324 g/mol. The maximum absolute atomic E-state index is 12.7. The van der Waals surface area contributed by atoms with Gasteiger partial charge in [0.1, 0.15) is 0 Å². The summed E-state index contributed by atoms with van der Waals surface area (Å²) in [6, 6.07) is 15.8. The number of nitrogens with zero attached hydrogens (tertiary/aromatic N) is 2. The molecule has 0 aliphatic heterocycles. The lowest BCUT2D eigenvalue weighted by Crippen LogP contribution is -2.22. The molecule has 0 saturated carbocycles. The van der Waals surface area contributed by atoms with Gasteiger partial charge in [0.2, 0.25) is 0 Å². The third-order valence-electron chi connectivity index (χ3n) is 4.52. The molecule has 0 aliphatic carbocycles. The number of hydrogen-bond donors (Lipinski definition) is 0. The topological polar surface area (TPSA) is 23.6 Å². The molecule has 0 aliphatic rings. The molecule has 0 aromatic heterocycles. The minimum atomic E-state index is 0.0761. The summed E-state index contributed by atoms with van der Waals surface area (Å²) in [6.07, 6.45) is 0. The van der Waals surface area contributed by atoms with Crippen molar-refractivity contribution in [1.82, 2.24) is 0 Å². The van der Waals surface area contributed by atoms with Crippen molar-refractivity contribution in [3.63, 3.8) is 0 Å². The van der Waals surface area contributed by atoms with E-state index in [1.165, 1.54) is 0 Å². The second-order valence-electron chi connectivity index (χ2n) is 5.77. The molecule has 24 heavy (non-hydrogen) atoms. The highest BCUT2D eigenvalue weighted by Gasteiger charge is 2.11. The number of benzene rings is 2. The van der Waals surface area contributed by atoms with Crippen LogP contribution >= 0.6 is 0 Å². The van der Waals surface area contributed by atoms with E-state index < -0.39 is 0 Å². The van der Waals surface area contributed by atoms with Gasteiger partial charge in [0.25, 0.3) is 0 Å². The quantitative estimate of drug-likeness (QED) is 0.663. The molecular weight excluding hydrogens is 296 g/mol. The summed E-state index contributed by atoms with van der Waals surface area (Å²) in [7, 11) is 0. The lowest BCUT2D eigenvalue weighted by atomic mass is 10.0. The van der Waals surface area contributed by atoms with Crippen LogP contribution in [0.2, 0.25) is 0 Å². The first-order valence-electron chi connectivity index (χ1n) is 8.89. The van der Waals surface area contributed by atoms with E-state index in [1.54, 1.807) is 0 Å². The van der Waals surface area contributed by atoms with Crippen molar-refractivity contribution in [2.75, 3.05) is 36.0 Å². The Bertz CT molecular complexity index is 581. The average molecular weight is 324 g/mol. The molecule has 0 bridgehead atoms. The molecule has 3 heteroatoms. The Kier molecular flexibility index (Phi) is 6.42. The predicted octanol–water partition coefficient (Wildman–Crippen LogP) is 4.61. The van der Waals surface area contributed by atoms with E-state index in [0.717, 1.165) is 48.7 Å². The zero-order valence-corrected chi connectivity index (χ0v) is 15.2. The van der Waals surface area contributed by atoms with Gasteiger partial charge in [0.05, 0.1) is 0 Å². The highest BCUT2D eigenvalue weighted by atomic mass is 16.1. The third-order valence-corrected chi connectivity index (χ3v) is 4.52. The number of carbonyl (C=O) groups excluding carboxylic acids is 1. The Labute approximate surface area is 145 Å². The summed E-state index contributed by atoms with van der Waals surface area (Å²) >= 11 is 0. The fourth-order valence-corrected chi connectivity index (χ4v) is 2.99. The summed E-state index contributed by atoms with van der Waals surface area (Å²) in [4.78, 5) is 17.2. The smallest absolute Gasteiger partial charge is 0.193 e. The first-order chi connectivity index (χ1) is 11.6. The molecular formula is C21H28N2O. The van der Waals surface area contributed by atoms with Crippen molar-refractivity contribution in [2.45, 2.75) is 27.7 Å². The van der Waals surface area contributed by atoms with Crippen LogP contribution in [0.4, 0.5) is 11.4 Å². The zero-order chi connectivity index (χ0) is 17.5. The molecule has 2 aromatic rings. The van der Waals surface area contributed by atoms with E-state index in [-0.39, 0.29) is 5.78 Å². The maximum atomic E-state index is 12.7. The van der Waals surface area contributed by atoms with E-state index in [9.17, 15) is 4.79 Å². The first-order valence-corrected chi connectivity index (χ1v) is 8.89. The van der Waals surface area contributed by atoms with E-state index in [4.69, 9.17) is 0 Å². The second-order valence-corrected chi connectivity index (χ2v) is 5.77. The van der Waals surface area contributed by atoms with E-state index >= 15 is 0 Å². The van der Waals surface area contributed by atoms with Gasteiger partial charge >= 0.3 is 0 Å². The summed E-state index contributed by atoms with van der Waals surface area (Å²) in [5.74, 6) is 0.0761. The van der Waals surface area contributed by atoms with Crippen LogP contribution in [0.3, 0.4) is 0 Å². The van der Waals surface area contributed by atoms with Crippen LogP contribution in [0, 0.1) is 0 Å². The molecule has 0 unspecified atom stereocenters. The standard InChI is InChI=1S/C21H28N2O/c1-5-22(6-2)19-13-9-17(10-14-19)21(24)18-11-15-20(16-12-18)23(7-3)8-4/h9-16H,5-8H2,1-4H3. The first kappa shape index (κ1) is 18.1. The van der Waals surface area contributed by atoms with Gasteiger partial charge in [-0.1, -0.05) is 0 Å². The Morgan fingerprint density at radius 3 is 1.17 bits per heavy atom. The summed E-state index contributed by atoms with van der Waals surface area (Å²) in [6.45, 7) is 12.4. The van der Waals surface area contributed by atoms with Crippen LogP contribution in [0.15, 0.2) is 48.5 Å². The lowest BCUT2D eigenvalue weighted by molar-refractivity contribution is 0.103. The van der Waals surface area contributed by atoms with E-state index in [1.807, 2.05) is 48.5 Å². The number of rotatable bonds is 8. The van der Waals surface area contributed by atoms with Gasteiger partial charge in [-0.15, -0.1) is 0 Å². The molecule has 0 fully saturated rings. The van der Waals surface area contributed by atoms with Crippen molar-refractivity contribution in [3.8, 4) is 0 Å². The fraction of sp³-hybridized carbons (Fsp3) is 0.381. The highest BCUT2D eigenvalue weighted by molar-refractivity contribution is 6.09. The van der Waals surface area contributed by atoms with E-state index in [2.05, 4.69) is 37.5 Å². The maximum Gasteiger partial charge on any atom is 0.193 e. The van der Waals surface area contributed by atoms with Gasteiger partial charge in [0, 0.05) is 48.7 Å². The van der Waals surface area contributed by atoms with Crippen LogP contribution in [-0.2, 0) is 0 Å². The highest BCUT2D eigenvalue weighted by Crippen LogP contribution is 2.19. The van der Waals surface area contributed by atoms with Crippen molar-refractivity contribution < 1.29 is 4.79 Å². The Morgan fingerprint density at radius 1 is 0.625 bits per heavy atom. The van der Waals surface area contributed by atoms with E-state index in [0.29, 0.717) is 0 Å². The molecule has 2 aromatic carbocycles. The Hall–Kier alpha value is -2.29. The lowest BCUT2D eigenvalue weighted by Gasteiger charge is -2.21. The molecule has 0 amide bonds. The van der Waals surface area contributed by atoms with Crippen LogP contribution < -0.4 is 9.80 Å². The zero-order valence-electron chi connectivity index (χ0n) is 15.2. The Balaban J connectivity index is 2.16. The molecule has 0 spiro atoms. The third kappa shape index (κ3) is 3.97. The molecule has 0 heterocycles. The molecule has 0 atom stereocenters. The van der Waals surface area contributed by atoms with Gasteiger partial charge in [-0.2, -0.15) is 0 Å². The van der Waals surface area contributed by atoms with Gasteiger partial charge in [-0.05, 0) is 76.2 Å². The summed E-state index contributed by atoms with van der Waals surface area (Å²) in [5, 5.41) is 0. The molecule has 2 rings (SSSR count). The van der Waals surface area contributed by atoms with Gasteiger partial charge in [-0.25, -0.2) is 0 Å². The van der Waals surface area contributed by atoms with Crippen molar-refractivity contribution >= 4 is 17.2 Å². The second kappa shape index (κ2) is 8.53. The van der Waals surface area contributed by atoms with Gasteiger partial charge < -0.3 is 9.80 Å². The number of carbonyl (C=O) groups is 1. The normalized spacial score (nSPS) is 10.5. The van der Waals surface area contributed by atoms with Crippen molar-refractivity contribution in [3.05, 3.63) is 59.7 Å². The fourth-order valence-electron chi connectivity index (χ4n) is 2.99. The molecule has 0 radical (unpaired) electrons. The van der Waals surface area contributed by atoms with Crippen LogP contribution in [0.1, 0.15) is 43.6 Å². The number of anilines is 2. The molecule has 128 valence electrons. The van der Waals surface area contributed by atoms with Gasteiger partial charge in [0.15, 0.2) is 5.78 Å². The largest absolute Gasteiger partial charge is 0.372 e. The summed E-state index contributed by atoms with van der Waals surface area (Å²) < 4.78 is 0. The predicted molar refractivity (Wildman–Crippen MR) is 103 cm³/mol. The van der Waals surface area contributed by atoms with Crippen molar-refractivity contribution in [1.29, 1.82) is 0 Å². The molecule has 0 saturated heterocycles. The van der Waals surface area contributed by atoms with Crippen LogP contribution in [-0.4, -0.2) is 32.0 Å². The van der Waals surface area contributed by atoms with Crippen LogP contribution in [0.5, 0.6) is 0 Å². The van der Waals surface area contributed by atoms with Gasteiger partial charge in [-0.3, -0.25) is 4.79 Å². The average Bonchev–Trinajstić information content (AvgIpc) is 2.64. The SMILES string of the molecule is CCN(CC)c1ccc(C(=O)c2ccc(N(CC)CC)cc2)cc1. The molecule has 0 N–H and O–H groups in total. The van der Waals surface area contributed by atoms with Crippen LogP contribution in [0.25, 0.3) is 0 Å². The summed E-state index contributed by atoms with van der Waals surface area (Å²) in [5.41, 5.74) is 3.80.